The van der Waals surface area contributed by atoms with Crippen molar-refractivity contribution < 1.29 is 18.7 Å². The minimum Gasteiger partial charge on any atom is -0.496 e. The third kappa shape index (κ3) is 6.86. The molecule has 0 fully saturated rings. The fourth-order valence-electron chi connectivity index (χ4n) is 3.73. The van der Waals surface area contributed by atoms with Crippen LogP contribution in [-0.4, -0.2) is 65.0 Å². The van der Waals surface area contributed by atoms with E-state index in [9.17, 15) is 4.79 Å². The van der Waals surface area contributed by atoms with Crippen molar-refractivity contribution in [1.29, 1.82) is 0 Å². The van der Waals surface area contributed by atoms with Gasteiger partial charge in [0.1, 0.15) is 5.75 Å². The summed E-state index contributed by atoms with van der Waals surface area (Å²) in [6, 6.07) is 11.3. The SMILES string of the molecule is C#CC(=O)Nc1ccc(-c2nc(NCCN(C)C)ncc2-c2ccc(Oc3nccc(C)n3)c(F)c2)c(OC)c1. The summed E-state index contributed by atoms with van der Waals surface area (Å²) in [5, 5.41) is 5.81. The smallest absolute Gasteiger partial charge is 0.322 e. The van der Waals surface area contributed by atoms with Gasteiger partial charge in [-0.2, -0.15) is 0 Å². The predicted molar refractivity (Wildman–Crippen MR) is 151 cm³/mol. The number of rotatable bonds is 10. The number of nitrogens with zero attached hydrogens (tertiary/aromatic N) is 5. The second-order valence-electron chi connectivity index (χ2n) is 8.93. The summed E-state index contributed by atoms with van der Waals surface area (Å²) in [7, 11) is 5.44. The number of aryl methyl sites for hydroxylation is 1. The van der Waals surface area contributed by atoms with Gasteiger partial charge in [-0.25, -0.2) is 24.3 Å². The lowest BCUT2D eigenvalue weighted by atomic mass is 9.99. The van der Waals surface area contributed by atoms with Crippen LogP contribution in [0.3, 0.4) is 0 Å². The Morgan fingerprint density at radius 1 is 1.07 bits per heavy atom. The largest absolute Gasteiger partial charge is 0.496 e. The Kier molecular flexibility index (Phi) is 8.83. The lowest BCUT2D eigenvalue weighted by molar-refractivity contribution is -0.111. The van der Waals surface area contributed by atoms with Crippen LogP contribution in [0.5, 0.6) is 17.5 Å². The van der Waals surface area contributed by atoms with Gasteiger partial charge in [-0.1, -0.05) is 6.07 Å². The van der Waals surface area contributed by atoms with Gasteiger partial charge >= 0.3 is 6.01 Å². The molecule has 10 nitrogen and oxygen atoms in total. The van der Waals surface area contributed by atoms with E-state index in [4.69, 9.17) is 20.9 Å². The first-order chi connectivity index (χ1) is 19.3. The van der Waals surface area contributed by atoms with Crippen molar-refractivity contribution >= 4 is 17.5 Å². The summed E-state index contributed by atoms with van der Waals surface area (Å²) in [5.41, 5.74) is 3.30. The third-order valence-electron chi connectivity index (χ3n) is 5.69. The fourth-order valence-corrected chi connectivity index (χ4v) is 3.73. The normalized spacial score (nSPS) is 10.6. The van der Waals surface area contributed by atoms with Crippen LogP contribution < -0.4 is 20.1 Å². The molecular formula is C29H28FN7O3. The zero-order valence-corrected chi connectivity index (χ0v) is 22.5. The predicted octanol–water partition coefficient (Wildman–Crippen LogP) is 4.39. The molecule has 0 saturated carbocycles. The van der Waals surface area contributed by atoms with Gasteiger partial charge in [0.15, 0.2) is 11.6 Å². The highest BCUT2D eigenvalue weighted by atomic mass is 19.1. The van der Waals surface area contributed by atoms with Crippen molar-refractivity contribution in [3.05, 3.63) is 66.4 Å². The van der Waals surface area contributed by atoms with Crippen LogP contribution in [0.25, 0.3) is 22.4 Å². The molecule has 0 atom stereocenters. The molecule has 0 spiro atoms. The highest BCUT2D eigenvalue weighted by molar-refractivity contribution is 6.03. The number of methoxy groups -OCH3 is 1. The van der Waals surface area contributed by atoms with E-state index in [0.29, 0.717) is 52.0 Å². The van der Waals surface area contributed by atoms with Gasteiger partial charge in [-0.3, -0.25) is 4.79 Å². The molecule has 40 heavy (non-hydrogen) atoms. The zero-order chi connectivity index (χ0) is 28.6. The number of hydrogen-bond acceptors (Lipinski definition) is 9. The van der Waals surface area contributed by atoms with Gasteiger partial charge in [-0.15, -0.1) is 6.42 Å². The molecule has 2 aromatic carbocycles. The lowest BCUT2D eigenvalue weighted by Crippen LogP contribution is -2.21. The van der Waals surface area contributed by atoms with Crippen LogP contribution in [0.1, 0.15) is 5.69 Å². The molecule has 0 unspecified atom stereocenters. The van der Waals surface area contributed by atoms with Crippen molar-refractivity contribution in [2.75, 3.05) is 44.9 Å². The minimum atomic E-state index is -0.610. The maximum atomic E-state index is 15.2. The summed E-state index contributed by atoms with van der Waals surface area (Å²) in [4.78, 5) is 31.1. The van der Waals surface area contributed by atoms with E-state index in [1.807, 2.05) is 24.9 Å². The second-order valence-corrected chi connectivity index (χ2v) is 8.93. The molecule has 0 radical (unpaired) electrons. The maximum absolute atomic E-state index is 15.2. The highest BCUT2D eigenvalue weighted by Gasteiger charge is 2.18. The van der Waals surface area contributed by atoms with Crippen molar-refractivity contribution in [2.45, 2.75) is 6.92 Å². The number of anilines is 2. The van der Waals surface area contributed by atoms with Crippen LogP contribution in [0.4, 0.5) is 16.0 Å². The zero-order valence-electron chi connectivity index (χ0n) is 22.5. The Bertz CT molecular complexity index is 1570. The number of hydrogen-bond donors (Lipinski definition) is 2. The molecule has 4 aromatic rings. The third-order valence-corrected chi connectivity index (χ3v) is 5.69. The van der Waals surface area contributed by atoms with Gasteiger partial charge in [0, 0.05) is 54.1 Å². The number of carbonyl (C=O) groups excluding carboxylic acids is 1. The second kappa shape index (κ2) is 12.6. The first-order valence-electron chi connectivity index (χ1n) is 12.3. The van der Waals surface area contributed by atoms with Crippen molar-refractivity contribution in [3.63, 3.8) is 0 Å². The summed E-state index contributed by atoms with van der Waals surface area (Å²) in [5.74, 6) is 1.61. The summed E-state index contributed by atoms with van der Waals surface area (Å²) in [6.07, 6.45) is 8.33. The number of ether oxygens (including phenoxy) is 2. The number of likely N-dealkylation sites (N-methyl/N-ethyl adjacent to an activating group) is 1. The monoisotopic (exact) mass is 541 g/mol. The van der Waals surface area contributed by atoms with Gasteiger partial charge in [0.2, 0.25) is 5.95 Å². The molecule has 11 heteroatoms. The van der Waals surface area contributed by atoms with E-state index < -0.39 is 11.7 Å². The van der Waals surface area contributed by atoms with Crippen molar-refractivity contribution in [3.8, 4) is 52.2 Å². The lowest BCUT2D eigenvalue weighted by Gasteiger charge is -2.16. The fraction of sp³-hybridized carbons (Fsp3) is 0.207. The average Bonchev–Trinajstić information content (AvgIpc) is 2.94. The summed E-state index contributed by atoms with van der Waals surface area (Å²) < 4.78 is 26.4. The highest BCUT2D eigenvalue weighted by Crippen LogP contribution is 2.38. The molecule has 204 valence electrons. The number of benzene rings is 2. The molecule has 0 aliphatic carbocycles. The van der Waals surface area contributed by atoms with E-state index in [0.717, 1.165) is 6.54 Å². The number of carbonyl (C=O) groups is 1. The quantitative estimate of drug-likeness (QED) is 0.282. The molecule has 0 saturated heterocycles. The van der Waals surface area contributed by atoms with Gasteiger partial charge < -0.3 is 25.0 Å². The number of nitrogens with one attached hydrogen (secondary N) is 2. The van der Waals surface area contributed by atoms with Crippen LogP contribution >= 0.6 is 0 Å². The van der Waals surface area contributed by atoms with Gasteiger partial charge in [0.05, 0.1) is 12.8 Å². The molecule has 0 aliphatic heterocycles. The summed E-state index contributed by atoms with van der Waals surface area (Å²) in [6.45, 7) is 3.17. The minimum absolute atomic E-state index is 0.0232. The van der Waals surface area contributed by atoms with Crippen molar-refractivity contribution in [2.24, 2.45) is 0 Å². The molecule has 2 N–H and O–H groups in total. The number of aromatic nitrogens is 4. The first-order valence-corrected chi connectivity index (χ1v) is 12.3. The van der Waals surface area contributed by atoms with Crippen LogP contribution in [-0.2, 0) is 4.79 Å². The maximum Gasteiger partial charge on any atom is 0.322 e. The van der Waals surface area contributed by atoms with Gasteiger partial charge in [-0.05, 0) is 62.8 Å². The molecule has 1 amide bonds. The Balaban J connectivity index is 1.75. The van der Waals surface area contributed by atoms with E-state index in [-0.39, 0.29) is 11.8 Å². The average molecular weight is 542 g/mol. The topological polar surface area (TPSA) is 114 Å². The number of halogens is 1. The molecule has 0 aliphatic rings. The van der Waals surface area contributed by atoms with Crippen molar-refractivity contribution in [1.82, 2.24) is 24.8 Å². The molecule has 4 rings (SSSR count). The Morgan fingerprint density at radius 3 is 2.60 bits per heavy atom. The Labute approximate surface area is 231 Å². The van der Waals surface area contributed by atoms with E-state index in [1.54, 1.807) is 43.5 Å². The van der Waals surface area contributed by atoms with Crippen LogP contribution in [0.15, 0.2) is 54.9 Å². The van der Waals surface area contributed by atoms with E-state index >= 15 is 4.39 Å². The summed E-state index contributed by atoms with van der Waals surface area (Å²) >= 11 is 0. The Hall–Kier alpha value is -5.08. The molecule has 0 bridgehead atoms. The van der Waals surface area contributed by atoms with E-state index in [1.165, 1.54) is 25.4 Å². The Morgan fingerprint density at radius 2 is 1.90 bits per heavy atom. The van der Waals surface area contributed by atoms with Crippen LogP contribution in [0.2, 0.25) is 0 Å². The molecular weight excluding hydrogens is 513 g/mol. The molecule has 2 heterocycles. The molecule has 2 aromatic heterocycles. The number of terminal acetylenes is 1. The van der Waals surface area contributed by atoms with Crippen LogP contribution in [0, 0.1) is 25.1 Å². The first kappa shape index (κ1) is 27.9. The van der Waals surface area contributed by atoms with E-state index in [2.05, 4.69) is 25.6 Å². The number of amides is 1. The standard InChI is InChI=1S/C29H28FN7O3/c1-6-26(38)35-20-8-9-21(25(16-20)39-5)27-22(17-33-28(36-27)31-13-14-37(3)4)19-7-10-24(23(30)15-19)40-29-32-12-11-18(2)34-29/h1,7-12,15-17H,13-14H2,2-5H3,(H,35,38)(H,31,33,36). The van der Waals surface area contributed by atoms with Gasteiger partial charge in [0.25, 0.3) is 5.91 Å².